The molecule has 1 aromatic rings. The second-order valence-electron chi connectivity index (χ2n) is 4.85. The SMILES string of the molecule is CCN(Cc1ccc(N)cc1F)C1CCCC1. The lowest BCUT2D eigenvalue weighted by Gasteiger charge is -2.27. The molecule has 1 aliphatic rings. The molecule has 0 aromatic heterocycles. The topological polar surface area (TPSA) is 29.3 Å². The molecule has 0 radical (unpaired) electrons. The Morgan fingerprint density at radius 1 is 1.35 bits per heavy atom. The van der Waals surface area contributed by atoms with E-state index in [9.17, 15) is 4.39 Å². The van der Waals surface area contributed by atoms with Gasteiger partial charge in [-0.25, -0.2) is 4.39 Å². The highest BCUT2D eigenvalue weighted by Gasteiger charge is 2.22. The van der Waals surface area contributed by atoms with E-state index in [0.29, 0.717) is 18.3 Å². The zero-order valence-corrected chi connectivity index (χ0v) is 10.5. The van der Waals surface area contributed by atoms with Gasteiger partial charge in [0.2, 0.25) is 0 Å². The van der Waals surface area contributed by atoms with E-state index in [1.165, 1.54) is 31.7 Å². The zero-order valence-electron chi connectivity index (χ0n) is 10.5. The maximum atomic E-state index is 13.7. The average molecular weight is 236 g/mol. The van der Waals surface area contributed by atoms with Gasteiger partial charge in [-0.2, -0.15) is 0 Å². The molecule has 0 atom stereocenters. The van der Waals surface area contributed by atoms with Crippen molar-refractivity contribution in [3.05, 3.63) is 29.6 Å². The van der Waals surface area contributed by atoms with Crippen LogP contribution >= 0.6 is 0 Å². The fraction of sp³-hybridized carbons (Fsp3) is 0.571. The number of rotatable bonds is 4. The predicted molar refractivity (Wildman–Crippen MR) is 69.2 cm³/mol. The van der Waals surface area contributed by atoms with Gasteiger partial charge in [0.25, 0.3) is 0 Å². The third-order valence-electron chi connectivity index (χ3n) is 3.70. The fourth-order valence-electron chi connectivity index (χ4n) is 2.68. The summed E-state index contributed by atoms with van der Waals surface area (Å²) in [4.78, 5) is 2.38. The molecule has 2 N–H and O–H groups in total. The Morgan fingerprint density at radius 3 is 2.65 bits per heavy atom. The maximum Gasteiger partial charge on any atom is 0.129 e. The first-order valence-electron chi connectivity index (χ1n) is 6.48. The fourth-order valence-corrected chi connectivity index (χ4v) is 2.68. The van der Waals surface area contributed by atoms with Crippen LogP contribution in [-0.2, 0) is 6.54 Å². The van der Waals surface area contributed by atoms with Crippen molar-refractivity contribution in [2.75, 3.05) is 12.3 Å². The van der Waals surface area contributed by atoms with Crippen LogP contribution < -0.4 is 5.73 Å². The van der Waals surface area contributed by atoms with Crippen LogP contribution in [0.5, 0.6) is 0 Å². The van der Waals surface area contributed by atoms with Crippen molar-refractivity contribution in [2.24, 2.45) is 0 Å². The molecule has 1 fully saturated rings. The van der Waals surface area contributed by atoms with Gasteiger partial charge in [-0.05, 0) is 31.5 Å². The Kier molecular flexibility index (Phi) is 4.00. The number of hydrogen-bond acceptors (Lipinski definition) is 2. The van der Waals surface area contributed by atoms with Crippen LogP contribution in [0.4, 0.5) is 10.1 Å². The molecule has 0 unspecified atom stereocenters. The van der Waals surface area contributed by atoms with E-state index >= 15 is 0 Å². The van der Waals surface area contributed by atoms with Crippen molar-refractivity contribution in [1.29, 1.82) is 0 Å². The number of benzene rings is 1. The van der Waals surface area contributed by atoms with Crippen molar-refractivity contribution in [3.63, 3.8) is 0 Å². The third kappa shape index (κ3) is 2.97. The Morgan fingerprint density at radius 2 is 2.06 bits per heavy atom. The summed E-state index contributed by atoms with van der Waals surface area (Å²) in [7, 11) is 0. The molecule has 0 aliphatic heterocycles. The van der Waals surface area contributed by atoms with Crippen molar-refractivity contribution < 1.29 is 4.39 Å². The monoisotopic (exact) mass is 236 g/mol. The quantitative estimate of drug-likeness (QED) is 0.814. The predicted octanol–water partition coefficient (Wildman–Crippen LogP) is 3.17. The summed E-state index contributed by atoms with van der Waals surface area (Å²) < 4.78 is 13.7. The first-order valence-corrected chi connectivity index (χ1v) is 6.48. The third-order valence-corrected chi connectivity index (χ3v) is 3.70. The van der Waals surface area contributed by atoms with Gasteiger partial charge < -0.3 is 5.73 Å². The summed E-state index contributed by atoms with van der Waals surface area (Å²) in [6.45, 7) is 3.83. The van der Waals surface area contributed by atoms with E-state index < -0.39 is 0 Å². The Balaban J connectivity index is 2.06. The smallest absolute Gasteiger partial charge is 0.129 e. The van der Waals surface area contributed by atoms with Crippen LogP contribution in [0.1, 0.15) is 38.2 Å². The van der Waals surface area contributed by atoms with Gasteiger partial charge in [0.1, 0.15) is 5.82 Å². The minimum Gasteiger partial charge on any atom is -0.399 e. The van der Waals surface area contributed by atoms with E-state index in [1.807, 2.05) is 6.07 Å². The summed E-state index contributed by atoms with van der Waals surface area (Å²) in [6, 6.07) is 5.64. The molecular weight excluding hydrogens is 215 g/mol. The van der Waals surface area contributed by atoms with E-state index in [2.05, 4.69) is 11.8 Å². The summed E-state index contributed by atoms with van der Waals surface area (Å²) >= 11 is 0. The Hall–Kier alpha value is -1.09. The standard InChI is InChI=1S/C14H21FN2/c1-2-17(13-5-3-4-6-13)10-11-7-8-12(16)9-14(11)15/h7-9,13H,2-6,10,16H2,1H3. The molecule has 0 amide bonds. The lowest BCUT2D eigenvalue weighted by atomic mass is 10.1. The number of hydrogen-bond donors (Lipinski definition) is 1. The van der Waals surface area contributed by atoms with Gasteiger partial charge >= 0.3 is 0 Å². The van der Waals surface area contributed by atoms with Crippen molar-refractivity contribution in [2.45, 2.75) is 45.2 Å². The van der Waals surface area contributed by atoms with E-state index in [-0.39, 0.29) is 5.82 Å². The molecule has 1 aromatic carbocycles. The van der Waals surface area contributed by atoms with Crippen LogP contribution in [0.3, 0.4) is 0 Å². The van der Waals surface area contributed by atoms with Crippen LogP contribution in [0.25, 0.3) is 0 Å². The Labute approximate surface area is 103 Å². The number of nitrogens with two attached hydrogens (primary N) is 1. The van der Waals surface area contributed by atoms with Gasteiger partial charge in [0.05, 0.1) is 0 Å². The molecule has 0 bridgehead atoms. The first-order chi connectivity index (χ1) is 8.20. The molecule has 2 rings (SSSR count). The van der Waals surface area contributed by atoms with E-state index in [0.717, 1.165) is 12.1 Å². The second-order valence-corrected chi connectivity index (χ2v) is 4.85. The minimum atomic E-state index is -0.179. The van der Waals surface area contributed by atoms with Crippen molar-refractivity contribution in [3.8, 4) is 0 Å². The molecule has 0 spiro atoms. The molecule has 17 heavy (non-hydrogen) atoms. The van der Waals surface area contributed by atoms with Gasteiger partial charge in [0.15, 0.2) is 0 Å². The highest BCUT2D eigenvalue weighted by molar-refractivity contribution is 5.40. The molecule has 1 saturated carbocycles. The molecular formula is C14H21FN2. The van der Waals surface area contributed by atoms with Crippen molar-refractivity contribution >= 4 is 5.69 Å². The van der Waals surface area contributed by atoms with Gasteiger partial charge in [0, 0.05) is 23.8 Å². The lowest BCUT2D eigenvalue weighted by Crippen LogP contribution is -2.32. The normalized spacial score (nSPS) is 16.9. The molecule has 3 heteroatoms. The number of anilines is 1. The highest BCUT2D eigenvalue weighted by Crippen LogP contribution is 2.25. The van der Waals surface area contributed by atoms with Gasteiger partial charge in [-0.3, -0.25) is 4.90 Å². The molecule has 1 aliphatic carbocycles. The lowest BCUT2D eigenvalue weighted by molar-refractivity contribution is 0.198. The highest BCUT2D eigenvalue weighted by atomic mass is 19.1. The van der Waals surface area contributed by atoms with E-state index in [4.69, 9.17) is 5.73 Å². The molecule has 2 nitrogen and oxygen atoms in total. The maximum absolute atomic E-state index is 13.7. The van der Waals surface area contributed by atoms with Gasteiger partial charge in [-0.15, -0.1) is 0 Å². The largest absolute Gasteiger partial charge is 0.399 e. The number of nitrogen functional groups attached to an aromatic ring is 1. The minimum absolute atomic E-state index is 0.179. The molecule has 0 saturated heterocycles. The summed E-state index contributed by atoms with van der Waals surface area (Å²) in [5, 5.41) is 0. The van der Waals surface area contributed by atoms with Crippen LogP contribution in [-0.4, -0.2) is 17.5 Å². The summed E-state index contributed by atoms with van der Waals surface area (Å²) in [5.41, 5.74) is 6.81. The zero-order chi connectivity index (χ0) is 12.3. The Bertz CT molecular complexity index is 372. The second kappa shape index (κ2) is 5.50. The number of halogens is 1. The van der Waals surface area contributed by atoms with Gasteiger partial charge in [-0.1, -0.05) is 25.8 Å². The van der Waals surface area contributed by atoms with Crippen LogP contribution in [0, 0.1) is 5.82 Å². The average Bonchev–Trinajstić information content (AvgIpc) is 2.81. The molecule has 0 heterocycles. The van der Waals surface area contributed by atoms with Crippen molar-refractivity contribution in [1.82, 2.24) is 4.90 Å². The molecule has 94 valence electrons. The summed E-state index contributed by atoms with van der Waals surface area (Å²) in [6.07, 6.45) is 5.13. The van der Waals surface area contributed by atoms with Crippen LogP contribution in [0.2, 0.25) is 0 Å². The first kappa shape index (κ1) is 12.4. The summed E-state index contributed by atoms with van der Waals surface area (Å²) in [5.74, 6) is -0.179. The van der Waals surface area contributed by atoms with E-state index in [1.54, 1.807) is 6.07 Å². The number of nitrogens with zero attached hydrogens (tertiary/aromatic N) is 1. The van der Waals surface area contributed by atoms with Crippen LogP contribution in [0.15, 0.2) is 18.2 Å².